The van der Waals surface area contributed by atoms with Gasteiger partial charge in [-0.1, -0.05) is 12.1 Å². The van der Waals surface area contributed by atoms with E-state index in [9.17, 15) is 13.6 Å². The number of alkyl halides is 2. The monoisotopic (exact) mass is 386 g/mol. The van der Waals surface area contributed by atoms with Gasteiger partial charge >= 0.3 is 6.61 Å². The lowest BCUT2D eigenvalue weighted by Crippen LogP contribution is -2.15. The summed E-state index contributed by atoms with van der Waals surface area (Å²) >= 11 is 0. The molecule has 1 aromatic carbocycles. The van der Waals surface area contributed by atoms with E-state index in [-0.39, 0.29) is 11.6 Å². The second-order valence-corrected chi connectivity index (χ2v) is 5.76. The SMILES string of the molecule is COc1ncc(Cc2cnc(C(N)=O)nc2)cc1-c1cccc(OC(F)F)c1. The maximum absolute atomic E-state index is 12.5. The average Bonchev–Trinajstić information content (AvgIpc) is 2.68. The van der Waals surface area contributed by atoms with Crippen LogP contribution < -0.4 is 15.2 Å². The van der Waals surface area contributed by atoms with E-state index in [1.165, 1.54) is 31.6 Å². The number of hydrogen-bond donors (Lipinski definition) is 1. The number of primary amides is 1. The number of carbonyl (C=O) groups is 1. The number of hydrogen-bond acceptors (Lipinski definition) is 6. The van der Waals surface area contributed by atoms with Crippen LogP contribution in [-0.4, -0.2) is 34.6 Å². The molecule has 0 aliphatic carbocycles. The molecule has 1 amide bonds. The fourth-order valence-electron chi connectivity index (χ4n) is 2.61. The fraction of sp³-hybridized carbons (Fsp3) is 0.158. The number of rotatable bonds is 7. The van der Waals surface area contributed by atoms with Crippen LogP contribution in [0.15, 0.2) is 48.9 Å². The molecule has 3 aromatic rings. The third-order valence-electron chi connectivity index (χ3n) is 3.81. The molecule has 2 aromatic heterocycles. The van der Waals surface area contributed by atoms with Gasteiger partial charge in [0.2, 0.25) is 11.7 Å². The summed E-state index contributed by atoms with van der Waals surface area (Å²) < 4.78 is 34.7. The van der Waals surface area contributed by atoms with Crippen LogP contribution in [0.3, 0.4) is 0 Å². The zero-order valence-electron chi connectivity index (χ0n) is 14.8. The van der Waals surface area contributed by atoms with E-state index in [0.29, 0.717) is 23.4 Å². The van der Waals surface area contributed by atoms with Gasteiger partial charge in [0.1, 0.15) is 5.75 Å². The van der Waals surface area contributed by atoms with Gasteiger partial charge in [0.25, 0.3) is 5.91 Å². The van der Waals surface area contributed by atoms with Crippen molar-refractivity contribution >= 4 is 5.91 Å². The van der Waals surface area contributed by atoms with Crippen molar-refractivity contribution < 1.29 is 23.0 Å². The van der Waals surface area contributed by atoms with Crippen molar-refractivity contribution in [2.75, 3.05) is 7.11 Å². The second kappa shape index (κ2) is 8.38. The Balaban J connectivity index is 1.91. The predicted octanol–water partition coefficient (Wildman–Crippen LogP) is 2.84. The van der Waals surface area contributed by atoms with E-state index >= 15 is 0 Å². The molecule has 0 aliphatic rings. The van der Waals surface area contributed by atoms with Crippen LogP contribution in [0.2, 0.25) is 0 Å². The third kappa shape index (κ3) is 4.56. The molecule has 0 unspecified atom stereocenters. The van der Waals surface area contributed by atoms with Crippen LogP contribution in [-0.2, 0) is 6.42 Å². The lowest BCUT2D eigenvalue weighted by Gasteiger charge is -2.12. The van der Waals surface area contributed by atoms with E-state index in [4.69, 9.17) is 10.5 Å². The van der Waals surface area contributed by atoms with Crippen molar-refractivity contribution in [2.45, 2.75) is 13.0 Å². The number of nitrogens with two attached hydrogens (primary N) is 1. The van der Waals surface area contributed by atoms with Crippen LogP contribution in [0.4, 0.5) is 8.78 Å². The highest BCUT2D eigenvalue weighted by Gasteiger charge is 2.12. The molecule has 0 radical (unpaired) electrons. The molecule has 2 heterocycles. The Labute approximate surface area is 159 Å². The Hall–Kier alpha value is -3.62. The maximum Gasteiger partial charge on any atom is 0.387 e. The van der Waals surface area contributed by atoms with Gasteiger partial charge in [-0.3, -0.25) is 4.79 Å². The van der Waals surface area contributed by atoms with Gasteiger partial charge in [-0.2, -0.15) is 8.78 Å². The summed E-state index contributed by atoms with van der Waals surface area (Å²) in [6.07, 6.45) is 5.09. The van der Waals surface area contributed by atoms with Gasteiger partial charge in [-0.05, 0) is 34.9 Å². The number of amides is 1. The highest BCUT2D eigenvalue weighted by atomic mass is 19.3. The number of ether oxygens (including phenoxy) is 2. The molecule has 144 valence electrons. The lowest BCUT2D eigenvalue weighted by molar-refractivity contribution is -0.0498. The molecule has 2 N–H and O–H groups in total. The number of pyridine rings is 1. The first kappa shape index (κ1) is 19.2. The van der Waals surface area contributed by atoms with Gasteiger partial charge in [0, 0.05) is 30.6 Å². The highest BCUT2D eigenvalue weighted by Crippen LogP contribution is 2.32. The van der Waals surface area contributed by atoms with Crippen molar-refractivity contribution in [3.8, 4) is 22.8 Å². The molecular formula is C19H16F2N4O3. The summed E-state index contributed by atoms with van der Waals surface area (Å²) in [5.41, 5.74) is 7.92. The minimum Gasteiger partial charge on any atom is -0.481 e. The molecule has 0 aliphatic heterocycles. The molecular weight excluding hydrogens is 370 g/mol. The second-order valence-electron chi connectivity index (χ2n) is 5.76. The molecule has 0 bridgehead atoms. The van der Waals surface area contributed by atoms with E-state index in [0.717, 1.165) is 11.1 Å². The first-order chi connectivity index (χ1) is 13.5. The van der Waals surface area contributed by atoms with E-state index in [1.54, 1.807) is 18.3 Å². The van der Waals surface area contributed by atoms with Crippen molar-refractivity contribution in [3.05, 3.63) is 65.9 Å². The molecule has 0 fully saturated rings. The number of aromatic nitrogens is 3. The summed E-state index contributed by atoms with van der Waals surface area (Å²) in [4.78, 5) is 23.2. The first-order valence-electron chi connectivity index (χ1n) is 8.15. The predicted molar refractivity (Wildman–Crippen MR) is 96.2 cm³/mol. The molecule has 3 rings (SSSR count). The molecule has 0 spiro atoms. The normalized spacial score (nSPS) is 10.7. The van der Waals surface area contributed by atoms with Crippen molar-refractivity contribution in [2.24, 2.45) is 5.73 Å². The van der Waals surface area contributed by atoms with Gasteiger partial charge in [-0.15, -0.1) is 0 Å². The number of benzene rings is 1. The van der Waals surface area contributed by atoms with Gasteiger partial charge in [-0.25, -0.2) is 15.0 Å². The molecule has 9 heteroatoms. The zero-order chi connectivity index (χ0) is 20.1. The smallest absolute Gasteiger partial charge is 0.387 e. The minimum absolute atomic E-state index is 0.0374. The quantitative estimate of drug-likeness (QED) is 0.670. The Morgan fingerprint density at radius 2 is 1.82 bits per heavy atom. The van der Waals surface area contributed by atoms with Crippen molar-refractivity contribution in [1.82, 2.24) is 15.0 Å². The first-order valence-corrected chi connectivity index (χ1v) is 8.15. The van der Waals surface area contributed by atoms with Crippen LogP contribution in [0.5, 0.6) is 11.6 Å². The van der Waals surface area contributed by atoms with E-state index in [2.05, 4.69) is 19.7 Å². The van der Waals surface area contributed by atoms with Gasteiger partial charge in [0.15, 0.2) is 0 Å². The highest BCUT2D eigenvalue weighted by molar-refractivity contribution is 5.88. The molecule has 0 atom stereocenters. The van der Waals surface area contributed by atoms with E-state index in [1.807, 2.05) is 6.07 Å². The van der Waals surface area contributed by atoms with Crippen LogP contribution >= 0.6 is 0 Å². The Bertz CT molecular complexity index is 981. The Morgan fingerprint density at radius 1 is 1.11 bits per heavy atom. The zero-order valence-corrected chi connectivity index (χ0v) is 14.8. The summed E-state index contributed by atoms with van der Waals surface area (Å²) in [6.45, 7) is -2.91. The molecule has 28 heavy (non-hydrogen) atoms. The van der Waals surface area contributed by atoms with Crippen molar-refractivity contribution in [3.63, 3.8) is 0 Å². The number of methoxy groups -OCH3 is 1. The Morgan fingerprint density at radius 3 is 2.46 bits per heavy atom. The summed E-state index contributed by atoms with van der Waals surface area (Å²) in [5, 5.41) is 0. The van der Waals surface area contributed by atoms with Crippen LogP contribution in [0.1, 0.15) is 21.7 Å². The third-order valence-corrected chi connectivity index (χ3v) is 3.81. The number of halogens is 2. The van der Waals surface area contributed by atoms with Crippen molar-refractivity contribution in [1.29, 1.82) is 0 Å². The molecule has 0 saturated heterocycles. The fourth-order valence-corrected chi connectivity index (χ4v) is 2.61. The number of carbonyl (C=O) groups excluding carboxylic acids is 1. The number of nitrogens with zero attached hydrogens (tertiary/aromatic N) is 3. The van der Waals surface area contributed by atoms with Gasteiger partial charge < -0.3 is 15.2 Å². The molecule has 7 nitrogen and oxygen atoms in total. The average molecular weight is 386 g/mol. The molecule has 0 saturated carbocycles. The topological polar surface area (TPSA) is 100 Å². The maximum atomic E-state index is 12.5. The summed E-state index contributed by atoms with van der Waals surface area (Å²) in [6, 6.07) is 8.11. The lowest BCUT2D eigenvalue weighted by atomic mass is 10.0. The largest absolute Gasteiger partial charge is 0.481 e. The minimum atomic E-state index is -2.91. The van der Waals surface area contributed by atoms with Gasteiger partial charge in [0.05, 0.1) is 7.11 Å². The Kier molecular flexibility index (Phi) is 5.73. The van der Waals surface area contributed by atoms with Crippen LogP contribution in [0.25, 0.3) is 11.1 Å². The summed E-state index contributed by atoms with van der Waals surface area (Å²) in [5.74, 6) is -0.382. The van der Waals surface area contributed by atoms with E-state index < -0.39 is 12.5 Å². The standard InChI is InChI=1S/C19H16F2N4O3/c1-27-18-15(13-3-2-4-14(7-13)28-19(20)21)6-11(8-25-18)5-12-9-23-17(16(22)26)24-10-12/h2-4,6-10,19H,5H2,1H3,(H2,22,26). The summed E-state index contributed by atoms with van der Waals surface area (Å²) in [7, 11) is 1.47. The van der Waals surface area contributed by atoms with Crippen LogP contribution in [0, 0.1) is 0 Å².